The number of rotatable bonds is 6. The van der Waals surface area contributed by atoms with Crippen molar-refractivity contribution in [1.29, 1.82) is 0 Å². The number of hydrogen-bond acceptors (Lipinski definition) is 4. The monoisotopic (exact) mass is 333 g/mol. The van der Waals surface area contributed by atoms with E-state index in [1.54, 1.807) is 0 Å². The number of esters is 1. The molecule has 1 aromatic carbocycles. The molecule has 0 radical (unpaired) electrons. The fraction of sp³-hybridized carbons (Fsp3) is 0.467. The highest BCUT2D eigenvalue weighted by Gasteiger charge is 2.31. The second kappa shape index (κ2) is 7.85. The Balaban J connectivity index is 2.77. The van der Waals surface area contributed by atoms with Crippen LogP contribution in [0.15, 0.2) is 24.3 Å². The Morgan fingerprint density at radius 1 is 1.17 bits per heavy atom. The van der Waals surface area contributed by atoms with E-state index in [9.17, 15) is 22.8 Å². The molecular formula is C15H18F3NO4. The molecule has 0 saturated carbocycles. The molecule has 0 saturated heterocycles. The third kappa shape index (κ3) is 6.58. The van der Waals surface area contributed by atoms with Gasteiger partial charge in [-0.2, -0.15) is 0 Å². The van der Waals surface area contributed by atoms with Crippen molar-refractivity contribution >= 4 is 11.9 Å². The second-order valence-corrected chi connectivity index (χ2v) is 5.25. The maximum atomic E-state index is 12.1. The smallest absolute Gasteiger partial charge is 0.467 e. The lowest BCUT2D eigenvalue weighted by Gasteiger charge is -2.18. The van der Waals surface area contributed by atoms with Crippen LogP contribution in [0.25, 0.3) is 0 Å². The first-order chi connectivity index (χ1) is 10.6. The number of halogens is 3. The van der Waals surface area contributed by atoms with Crippen LogP contribution in [-0.4, -0.2) is 31.4 Å². The average molecular weight is 333 g/mol. The molecule has 1 aromatic rings. The van der Waals surface area contributed by atoms with Crippen molar-refractivity contribution in [3.63, 3.8) is 0 Å². The highest BCUT2D eigenvalue weighted by Crippen LogP contribution is 2.22. The lowest BCUT2D eigenvalue weighted by Crippen LogP contribution is -2.42. The molecule has 8 heteroatoms. The number of ether oxygens (including phenoxy) is 2. The number of carbonyl (C=O) groups is 2. The van der Waals surface area contributed by atoms with Gasteiger partial charge in [-0.25, -0.2) is 4.79 Å². The van der Waals surface area contributed by atoms with Gasteiger partial charge >= 0.3 is 12.3 Å². The zero-order valence-electron chi connectivity index (χ0n) is 12.9. The second-order valence-electron chi connectivity index (χ2n) is 5.25. The van der Waals surface area contributed by atoms with Gasteiger partial charge in [0.1, 0.15) is 11.8 Å². The summed E-state index contributed by atoms with van der Waals surface area (Å²) in [6.45, 7) is 3.76. The molecule has 0 aliphatic heterocycles. The van der Waals surface area contributed by atoms with Gasteiger partial charge in [0.05, 0.1) is 7.11 Å². The van der Waals surface area contributed by atoms with E-state index in [1.807, 2.05) is 13.8 Å². The number of carbonyl (C=O) groups excluding carboxylic acids is 2. The molecule has 0 aliphatic carbocycles. The predicted octanol–water partition coefficient (Wildman–Crippen LogP) is 2.90. The third-order valence-corrected chi connectivity index (χ3v) is 2.85. The summed E-state index contributed by atoms with van der Waals surface area (Å²) in [6, 6.07) is 3.59. The van der Waals surface area contributed by atoms with Crippen LogP contribution in [0.4, 0.5) is 13.2 Å². The zero-order chi connectivity index (χ0) is 17.6. The lowest BCUT2D eigenvalue weighted by atomic mass is 10.0. The van der Waals surface area contributed by atoms with E-state index in [0.29, 0.717) is 6.42 Å². The summed E-state index contributed by atoms with van der Waals surface area (Å²) in [5.74, 6) is -1.45. The Kier molecular flexibility index (Phi) is 6.41. The van der Waals surface area contributed by atoms with Crippen LogP contribution in [0.3, 0.4) is 0 Å². The summed E-state index contributed by atoms with van der Waals surface area (Å²) in [5.41, 5.74) is 0.109. The summed E-state index contributed by atoms with van der Waals surface area (Å²) in [5, 5.41) is 2.51. The van der Waals surface area contributed by atoms with Crippen molar-refractivity contribution < 1.29 is 32.2 Å². The average Bonchev–Trinajstić information content (AvgIpc) is 2.44. The van der Waals surface area contributed by atoms with E-state index in [2.05, 4.69) is 14.8 Å². The van der Waals surface area contributed by atoms with E-state index < -0.39 is 30.0 Å². The van der Waals surface area contributed by atoms with Crippen LogP contribution in [0.1, 0.15) is 30.6 Å². The maximum Gasteiger partial charge on any atom is 0.573 e. The van der Waals surface area contributed by atoms with E-state index in [4.69, 9.17) is 0 Å². The molecule has 0 fully saturated rings. The highest BCUT2D eigenvalue weighted by atomic mass is 19.4. The standard InChI is InChI=1S/C15H18F3NO4/c1-9(2)8-12(14(21)22-3)19-13(20)10-4-6-11(7-5-10)23-15(16,17)18/h4-7,9,12H,8H2,1-3H3,(H,19,20). The van der Waals surface area contributed by atoms with E-state index in [0.717, 1.165) is 12.1 Å². The highest BCUT2D eigenvalue weighted by molar-refractivity contribution is 5.96. The molecule has 0 bridgehead atoms. The van der Waals surface area contributed by atoms with E-state index >= 15 is 0 Å². The molecular weight excluding hydrogens is 315 g/mol. The first kappa shape index (κ1) is 18.8. The van der Waals surface area contributed by atoms with Crippen molar-refractivity contribution in [1.82, 2.24) is 5.32 Å². The summed E-state index contributed by atoms with van der Waals surface area (Å²) < 4.78 is 44.6. The first-order valence-electron chi connectivity index (χ1n) is 6.87. The predicted molar refractivity (Wildman–Crippen MR) is 75.9 cm³/mol. The number of hydrogen-bond donors (Lipinski definition) is 1. The van der Waals surface area contributed by atoms with Gasteiger partial charge in [0.15, 0.2) is 0 Å². The molecule has 1 unspecified atom stereocenters. The largest absolute Gasteiger partial charge is 0.573 e. The Hall–Kier alpha value is -2.25. The van der Waals surface area contributed by atoms with Crippen LogP contribution in [0, 0.1) is 5.92 Å². The molecule has 0 aromatic heterocycles. The molecule has 0 heterocycles. The Morgan fingerprint density at radius 3 is 2.17 bits per heavy atom. The molecule has 0 spiro atoms. The lowest BCUT2D eigenvalue weighted by molar-refractivity contribution is -0.274. The summed E-state index contributed by atoms with van der Waals surface area (Å²) in [4.78, 5) is 23.7. The fourth-order valence-electron chi connectivity index (χ4n) is 1.88. The van der Waals surface area contributed by atoms with Gasteiger partial charge in [0, 0.05) is 5.56 Å². The van der Waals surface area contributed by atoms with E-state index in [1.165, 1.54) is 19.2 Å². The molecule has 0 aliphatic rings. The van der Waals surface area contributed by atoms with Crippen LogP contribution in [-0.2, 0) is 9.53 Å². The molecule has 128 valence electrons. The summed E-state index contributed by atoms with van der Waals surface area (Å²) >= 11 is 0. The normalized spacial score (nSPS) is 12.7. The SMILES string of the molecule is COC(=O)C(CC(C)C)NC(=O)c1ccc(OC(F)(F)F)cc1. The van der Waals surface area contributed by atoms with Gasteiger partial charge in [0.25, 0.3) is 5.91 Å². The molecule has 23 heavy (non-hydrogen) atoms. The van der Waals surface area contributed by atoms with Crippen molar-refractivity contribution in [3.8, 4) is 5.75 Å². The molecule has 1 atom stereocenters. The topological polar surface area (TPSA) is 64.6 Å². The van der Waals surface area contributed by atoms with Gasteiger partial charge in [-0.3, -0.25) is 4.79 Å². The van der Waals surface area contributed by atoms with Gasteiger partial charge in [-0.1, -0.05) is 13.8 Å². The van der Waals surface area contributed by atoms with Crippen molar-refractivity contribution in [2.24, 2.45) is 5.92 Å². The van der Waals surface area contributed by atoms with Gasteiger partial charge < -0.3 is 14.8 Å². The number of methoxy groups -OCH3 is 1. The molecule has 5 nitrogen and oxygen atoms in total. The van der Waals surface area contributed by atoms with Crippen molar-refractivity contribution in [2.75, 3.05) is 7.11 Å². The molecule has 1 amide bonds. The van der Waals surface area contributed by atoms with Gasteiger partial charge in [-0.15, -0.1) is 13.2 Å². The first-order valence-corrected chi connectivity index (χ1v) is 6.87. The van der Waals surface area contributed by atoms with Crippen LogP contribution < -0.4 is 10.1 Å². The quantitative estimate of drug-likeness (QED) is 0.813. The van der Waals surface area contributed by atoms with Crippen LogP contribution in [0.2, 0.25) is 0 Å². The minimum absolute atomic E-state index is 0.109. The Labute approximate surface area is 131 Å². The zero-order valence-corrected chi connectivity index (χ0v) is 12.9. The van der Waals surface area contributed by atoms with E-state index in [-0.39, 0.29) is 11.5 Å². The minimum Gasteiger partial charge on any atom is -0.467 e. The minimum atomic E-state index is -4.79. The van der Waals surface area contributed by atoms with Crippen molar-refractivity contribution in [3.05, 3.63) is 29.8 Å². The number of alkyl halides is 3. The third-order valence-electron chi connectivity index (χ3n) is 2.85. The van der Waals surface area contributed by atoms with Gasteiger partial charge in [-0.05, 0) is 36.6 Å². The van der Waals surface area contributed by atoms with Gasteiger partial charge in [0.2, 0.25) is 0 Å². The summed E-state index contributed by atoms with van der Waals surface area (Å²) in [7, 11) is 1.21. The van der Waals surface area contributed by atoms with Crippen molar-refractivity contribution in [2.45, 2.75) is 32.7 Å². The summed E-state index contributed by atoms with van der Waals surface area (Å²) in [6.07, 6.45) is -4.41. The number of nitrogens with one attached hydrogen (secondary N) is 1. The number of amides is 1. The molecule has 1 rings (SSSR count). The molecule has 1 N–H and O–H groups in total. The maximum absolute atomic E-state index is 12.1. The van der Waals surface area contributed by atoms with Crippen LogP contribution >= 0.6 is 0 Å². The Bertz CT molecular complexity index is 541. The van der Waals surface area contributed by atoms with Crippen LogP contribution in [0.5, 0.6) is 5.75 Å². The Morgan fingerprint density at radius 2 is 1.74 bits per heavy atom. The fourth-order valence-corrected chi connectivity index (χ4v) is 1.88. The number of benzene rings is 1.